The second kappa shape index (κ2) is 6.68. The van der Waals surface area contributed by atoms with Crippen molar-refractivity contribution in [3.8, 4) is 11.4 Å². The molecule has 0 atom stereocenters. The molecule has 0 saturated heterocycles. The number of carbonyl (C=O) groups excluding carboxylic acids is 1. The third kappa shape index (κ3) is 3.71. The molecular formula is C17H17ClN2O5. The molecular weight excluding hydrogens is 348 g/mol. The number of hydrogen-bond donors (Lipinski definition) is 1. The van der Waals surface area contributed by atoms with Crippen molar-refractivity contribution in [2.45, 2.75) is 20.8 Å². The van der Waals surface area contributed by atoms with Crippen LogP contribution in [0.3, 0.4) is 0 Å². The number of carbonyl (C=O) groups is 2. The highest BCUT2D eigenvalue weighted by atomic mass is 35.5. The summed E-state index contributed by atoms with van der Waals surface area (Å²) in [4.78, 5) is 36.5. The summed E-state index contributed by atoms with van der Waals surface area (Å²) in [5.74, 6) is -1.59. The zero-order chi connectivity index (χ0) is 18.9. The molecule has 0 saturated carbocycles. The van der Waals surface area contributed by atoms with Crippen LogP contribution < -0.4 is 10.3 Å². The quantitative estimate of drug-likeness (QED) is 0.837. The smallest absolute Gasteiger partial charge is 0.341 e. The van der Waals surface area contributed by atoms with Crippen LogP contribution in [0.2, 0.25) is 5.02 Å². The number of benzene rings is 1. The summed E-state index contributed by atoms with van der Waals surface area (Å²) in [6.45, 7) is 5.02. The van der Waals surface area contributed by atoms with Gasteiger partial charge in [-0.1, -0.05) is 32.4 Å². The Balaban J connectivity index is 2.85. The summed E-state index contributed by atoms with van der Waals surface area (Å²) in [6, 6.07) is 5.47. The molecule has 8 heteroatoms. The van der Waals surface area contributed by atoms with Gasteiger partial charge in [0.05, 0.1) is 7.11 Å². The fourth-order valence-corrected chi connectivity index (χ4v) is 2.30. The molecule has 25 heavy (non-hydrogen) atoms. The highest BCUT2D eigenvalue weighted by molar-refractivity contribution is 6.30. The van der Waals surface area contributed by atoms with Crippen molar-refractivity contribution in [1.29, 1.82) is 0 Å². The lowest BCUT2D eigenvalue weighted by molar-refractivity contribution is 0.0694. The zero-order valence-corrected chi connectivity index (χ0v) is 14.9. The maximum atomic E-state index is 12.5. The van der Waals surface area contributed by atoms with E-state index in [-0.39, 0.29) is 17.1 Å². The summed E-state index contributed by atoms with van der Waals surface area (Å²) in [5, 5.41) is 13.7. The summed E-state index contributed by atoms with van der Waals surface area (Å²) >= 11 is 5.97. The molecule has 0 radical (unpaired) electrons. The number of halogens is 1. The third-order valence-corrected chi connectivity index (χ3v) is 3.66. The largest absolute Gasteiger partial charge is 0.494 e. The summed E-state index contributed by atoms with van der Waals surface area (Å²) in [5.41, 5.74) is -2.25. The predicted molar refractivity (Wildman–Crippen MR) is 92.1 cm³/mol. The van der Waals surface area contributed by atoms with E-state index < -0.39 is 28.3 Å². The van der Waals surface area contributed by atoms with Gasteiger partial charge in [0.15, 0.2) is 5.78 Å². The molecule has 1 aromatic carbocycles. The van der Waals surface area contributed by atoms with Gasteiger partial charge in [0, 0.05) is 10.4 Å². The van der Waals surface area contributed by atoms with Crippen molar-refractivity contribution < 1.29 is 19.4 Å². The van der Waals surface area contributed by atoms with E-state index in [2.05, 4.69) is 5.10 Å². The average Bonchev–Trinajstić information content (AvgIpc) is 2.53. The Kier molecular flexibility index (Phi) is 4.99. The average molecular weight is 365 g/mol. The monoisotopic (exact) mass is 364 g/mol. The van der Waals surface area contributed by atoms with Crippen molar-refractivity contribution >= 4 is 23.4 Å². The Hall–Kier alpha value is -2.67. The number of nitrogens with zero attached hydrogens (tertiary/aromatic N) is 2. The molecule has 0 aliphatic rings. The number of carboxylic acids is 1. The zero-order valence-electron chi connectivity index (χ0n) is 14.2. The Morgan fingerprint density at radius 3 is 2.40 bits per heavy atom. The van der Waals surface area contributed by atoms with Crippen LogP contribution in [-0.2, 0) is 0 Å². The van der Waals surface area contributed by atoms with Crippen LogP contribution in [0.5, 0.6) is 5.75 Å². The van der Waals surface area contributed by atoms with E-state index in [1.807, 2.05) is 0 Å². The fraction of sp³-hybridized carbons (Fsp3) is 0.294. The van der Waals surface area contributed by atoms with E-state index in [4.69, 9.17) is 16.3 Å². The number of methoxy groups -OCH3 is 1. The molecule has 0 unspecified atom stereocenters. The molecule has 2 rings (SSSR count). The van der Waals surface area contributed by atoms with E-state index >= 15 is 0 Å². The van der Waals surface area contributed by atoms with Crippen LogP contribution in [0, 0.1) is 5.41 Å². The number of Topliss-reactive ketones (excluding diaryl/α,β-unsaturated/α-hetero) is 1. The summed E-state index contributed by atoms with van der Waals surface area (Å²) in [6.07, 6.45) is 0. The van der Waals surface area contributed by atoms with Crippen LogP contribution in [0.4, 0.5) is 0 Å². The highest BCUT2D eigenvalue weighted by Gasteiger charge is 2.28. The van der Waals surface area contributed by atoms with E-state index in [1.165, 1.54) is 19.2 Å². The van der Waals surface area contributed by atoms with Gasteiger partial charge in [0.1, 0.15) is 22.7 Å². The first kappa shape index (κ1) is 18.7. The standard InChI is InChI=1S/C17H17ClN2O5/c1-17(2,3)14(21)11-8-10(16(23)24)15(22)20(19-11)12-7-9(18)5-6-13(12)25-4/h5-8H,1-4H3,(H,23,24). The van der Waals surface area contributed by atoms with Crippen LogP contribution in [0.15, 0.2) is 29.1 Å². The number of carboxylic acid groups (broad SMARTS) is 1. The van der Waals surface area contributed by atoms with Crippen molar-refractivity contribution in [3.63, 3.8) is 0 Å². The molecule has 132 valence electrons. The minimum Gasteiger partial charge on any atom is -0.494 e. The first-order valence-electron chi connectivity index (χ1n) is 7.32. The SMILES string of the molecule is COc1ccc(Cl)cc1-n1nc(C(=O)C(C)(C)C)cc(C(=O)O)c1=O. The van der Waals surface area contributed by atoms with Crippen molar-refractivity contribution in [1.82, 2.24) is 9.78 Å². The molecule has 0 aliphatic carbocycles. The van der Waals surface area contributed by atoms with Gasteiger partial charge in [-0.15, -0.1) is 0 Å². The van der Waals surface area contributed by atoms with Gasteiger partial charge in [-0.3, -0.25) is 9.59 Å². The van der Waals surface area contributed by atoms with Gasteiger partial charge >= 0.3 is 5.97 Å². The number of aromatic nitrogens is 2. The molecule has 1 N–H and O–H groups in total. The first-order chi connectivity index (χ1) is 11.6. The minimum atomic E-state index is -1.45. The normalized spacial score (nSPS) is 11.2. The topological polar surface area (TPSA) is 98.5 Å². The van der Waals surface area contributed by atoms with Crippen LogP contribution in [-0.4, -0.2) is 33.7 Å². The number of ketones is 1. The van der Waals surface area contributed by atoms with Crippen molar-refractivity contribution in [2.75, 3.05) is 7.11 Å². The maximum Gasteiger partial charge on any atom is 0.341 e. The van der Waals surface area contributed by atoms with E-state index in [0.29, 0.717) is 5.02 Å². The number of rotatable bonds is 4. The fourth-order valence-electron chi connectivity index (χ4n) is 2.13. The van der Waals surface area contributed by atoms with Crippen LogP contribution in [0.25, 0.3) is 5.69 Å². The minimum absolute atomic E-state index is 0.133. The third-order valence-electron chi connectivity index (χ3n) is 3.42. The number of hydrogen-bond acceptors (Lipinski definition) is 5. The second-order valence-electron chi connectivity index (χ2n) is 6.36. The van der Waals surface area contributed by atoms with Gasteiger partial charge in [-0.2, -0.15) is 9.78 Å². The summed E-state index contributed by atoms with van der Waals surface area (Å²) in [7, 11) is 1.39. The van der Waals surface area contributed by atoms with E-state index in [1.54, 1.807) is 26.8 Å². The van der Waals surface area contributed by atoms with E-state index in [9.17, 15) is 19.5 Å². The molecule has 1 aromatic heterocycles. The molecule has 1 heterocycles. The molecule has 0 fully saturated rings. The van der Waals surface area contributed by atoms with Gasteiger partial charge in [-0.25, -0.2) is 4.79 Å². The highest BCUT2D eigenvalue weighted by Crippen LogP contribution is 2.26. The van der Waals surface area contributed by atoms with Crippen molar-refractivity contribution in [3.05, 3.63) is 50.9 Å². The van der Waals surface area contributed by atoms with Crippen LogP contribution in [0.1, 0.15) is 41.6 Å². The van der Waals surface area contributed by atoms with Gasteiger partial charge in [-0.05, 0) is 24.3 Å². The Bertz CT molecular complexity index is 912. The molecule has 0 bridgehead atoms. The first-order valence-corrected chi connectivity index (χ1v) is 7.70. The Labute approximate surface area is 148 Å². The predicted octanol–water partition coefficient (Wildman–Crippen LogP) is 2.82. The van der Waals surface area contributed by atoms with Gasteiger partial charge < -0.3 is 9.84 Å². The number of aromatic carboxylic acids is 1. The second-order valence-corrected chi connectivity index (χ2v) is 6.80. The van der Waals surface area contributed by atoms with Gasteiger partial charge in [0.2, 0.25) is 0 Å². The Morgan fingerprint density at radius 2 is 1.88 bits per heavy atom. The van der Waals surface area contributed by atoms with E-state index in [0.717, 1.165) is 10.7 Å². The van der Waals surface area contributed by atoms with Crippen LogP contribution >= 0.6 is 11.6 Å². The summed E-state index contributed by atoms with van der Waals surface area (Å²) < 4.78 is 6.01. The lowest BCUT2D eigenvalue weighted by atomic mass is 9.88. The molecule has 2 aromatic rings. The molecule has 0 spiro atoms. The lowest BCUT2D eigenvalue weighted by Crippen LogP contribution is -2.32. The number of ether oxygens (including phenoxy) is 1. The lowest BCUT2D eigenvalue weighted by Gasteiger charge is -2.17. The van der Waals surface area contributed by atoms with Crippen molar-refractivity contribution in [2.24, 2.45) is 5.41 Å². The van der Waals surface area contributed by atoms with Gasteiger partial charge in [0.25, 0.3) is 5.56 Å². The molecule has 0 amide bonds. The maximum absolute atomic E-state index is 12.5. The Morgan fingerprint density at radius 1 is 1.24 bits per heavy atom. The molecule has 0 aliphatic heterocycles. The molecule has 7 nitrogen and oxygen atoms in total.